The monoisotopic (exact) mass is 191 g/mol. The van der Waals surface area contributed by atoms with Crippen molar-refractivity contribution in [3.8, 4) is 0 Å². The summed E-state index contributed by atoms with van der Waals surface area (Å²) in [5.41, 5.74) is 18.3. The number of hydrogen-bond acceptors (Lipinski definition) is 4. The van der Waals surface area contributed by atoms with E-state index in [1.807, 2.05) is 18.2 Å². The molecule has 0 fully saturated rings. The molecule has 74 valence electrons. The number of nitrogens with two attached hydrogens (primary N) is 3. The zero-order valence-corrected chi connectivity index (χ0v) is 7.73. The Hall–Kier alpha value is -1.52. The largest absolute Gasteiger partial charge is 0.459 e. The van der Waals surface area contributed by atoms with E-state index in [1.54, 1.807) is 6.07 Å². The number of benzene rings is 1. The third-order valence-electron chi connectivity index (χ3n) is 2.18. The predicted molar refractivity (Wildman–Crippen MR) is 56.6 cm³/mol. The molecule has 1 aromatic heterocycles. The third kappa shape index (κ3) is 1.45. The van der Waals surface area contributed by atoms with Crippen molar-refractivity contribution in [3.05, 3.63) is 30.0 Å². The Bertz CT molecular complexity index is 450. The molecular formula is C10H13N3O. The van der Waals surface area contributed by atoms with Crippen molar-refractivity contribution >= 4 is 16.7 Å². The molecule has 1 heterocycles. The van der Waals surface area contributed by atoms with Crippen LogP contribution in [0, 0.1) is 0 Å². The van der Waals surface area contributed by atoms with Gasteiger partial charge in [-0.25, -0.2) is 0 Å². The number of furan rings is 1. The summed E-state index contributed by atoms with van der Waals surface area (Å²) in [7, 11) is 0. The highest BCUT2D eigenvalue weighted by atomic mass is 16.3. The molecule has 1 aromatic carbocycles. The first kappa shape index (κ1) is 9.05. The fraction of sp³-hybridized carbons (Fsp3) is 0.200. The summed E-state index contributed by atoms with van der Waals surface area (Å²) in [6, 6.07) is 7.11. The van der Waals surface area contributed by atoms with E-state index in [9.17, 15) is 0 Å². The molecule has 0 unspecified atom stereocenters. The number of hydrogen-bond donors (Lipinski definition) is 3. The second-order valence-electron chi connectivity index (χ2n) is 3.29. The van der Waals surface area contributed by atoms with Gasteiger partial charge in [0.05, 0.1) is 6.04 Å². The third-order valence-corrected chi connectivity index (χ3v) is 2.18. The summed E-state index contributed by atoms with van der Waals surface area (Å²) in [5, 5.41) is 0.962. The zero-order chi connectivity index (χ0) is 10.1. The Morgan fingerprint density at radius 2 is 2.07 bits per heavy atom. The summed E-state index contributed by atoms with van der Waals surface area (Å²) < 4.78 is 5.52. The second-order valence-corrected chi connectivity index (χ2v) is 3.29. The molecule has 4 nitrogen and oxygen atoms in total. The number of anilines is 1. The second kappa shape index (κ2) is 3.32. The van der Waals surface area contributed by atoms with Crippen molar-refractivity contribution in [2.24, 2.45) is 11.5 Å². The van der Waals surface area contributed by atoms with E-state index in [0.29, 0.717) is 18.0 Å². The quantitative estimate of drug-likeness (QED) is 0.617. The lowest BCUT2D eigenvalue weighted by molar-refractivity contribution is 0.500. The van der Waals surface area contributed by atoms with E-state index in [-0.39, 0.29) is 6.04 Å². The van der Waals surface area contributed by atoms with Crippen LogP contribution in [0.1, 0.15) is 11.8 Å². The van der Waals surface area contributed by atoms with Crippen molar-refractivity contribution in [1.82, 2.24) is 0 Å². The maximum atomic E-state index is 5.75. The summed E-state index contributed by atoms with van der Waals surface area (Å²) in [6.07, 6.45) is 0. The fourth-order valence-electron chi connectivity index (χ4n) is 1.38. The van der Waals surface area contributed by atoms with Gasteiger partial charge in [0.2, 0.25) is 0 Å². The van der Waals surface area contributed by atoms with Gasteiger partial charge in [0.1, 0.15) is 11.3 Å². The van der Waals surface area contributed by atoms with E-state index < -0.39 is 0 Å². The first-order valence-electron chi connectivity index (χ1n) is 4.45. The fourth-order valence-corrected chi connectivity index (χ4v) is 1.38. The number of rotatable bonds is 2. The Morgan fingerprint density at radius 1 is 1.29 bits per heavy atom. The van der Waals surface area contributed by atoms with Gasteiger partial charge in [-0.05, 0) is 24.3 Å². The lowest BCUT2D eigenvalue weighted by Crippen LogP contribution is -2.19. The molecule has 14 heavy (non-hydrogen) atoms. The molecule has 0 amide bonds. The maximum absolute atomic E-state index is 5.75. The SMILES string of the molecule is NC[C@@H](N)c1cc2cc(N)ccc2o1. The van der Waals surface area contributed by atoms with Gasteiger partial charge in [-0.1, -0.05) is 0 Å². The van der Waals surface area contributed by atoms with Gasteiger partial charge in [-0.2, -0.15) is 0 Å². The summed E-state index contributed by atoms with van der Waals surface area (Å²) in [5.74, 6) is 0.702. The lowest BCUT2D eigenvalue weighted by Gasteiger charge is -2.02. The first-order chi connectivity index (χ1) is 6.70. The molecule has 1 atom stereocenters. The molecule has 0 aliphatic carbocycles. The standard InChI is InChI=1S/C10H13N3O/c11-5-8(13)10-4-6-3-7(12)1-2-9(6)14-10/h1-4,8H,5,11-13H2/t8-/m1/s1. The van der Waals surface area contributed by atoms with Crippen LogP contribution in [0.3, 0.4) is 0 Å². The molecule has 6 N–H and O–H groups in total. The van der Waals surface area contributed by atoms with Crippen LogP contribution in [0.4, 0.5) is 5.69 Å². The van der Waals surface area contributed by atoms with Gasteiger partial charge in [0, 0.05) is 17.6 Å². The van der Waals surface area contributed by atoms with Crippen molar-refractivity contribution in [1.29, 1.82) is 0 Å². The predicted octanol–water partition coefficient (Wildman–Crippen LogP) is 0.973. The normalized spacial score (nSPS) is 13.3. The number of fused-ring (bicyclic) bond motifs is 1. The van der Waals surface area contributed by atoms with Gasteiger partial charge >= 0.3 is 0 Å². The minimum Gasteiger partial charge on any atom is -0.459 e. The van der Waals surface area contributed by atoms with E-state index in [2.05, 4.69) is 0 Å². The minimum atomic E-state index is -0.247. The minimum absolute atomic E-state index is 0.247. The average Bonchev–Trinajstić information content (AvgIpc) is 2.59. The highest BCUT2D eigenvalue weighted by Crippen LogP contribution is 2.24. The first-order valence-corrected chi connectivity index (χ1v) is 4.45. The van der Waals surface area contributed by atoms with Gasteiger partial charge in [-0.15, -0.1) is 0 Å². The Morgan fingerprint density at radius 3 is 2.79 bits per heavy atom. The van der Waals surface area contributed by atoms with Crippen molar-refractivity contribution < 1.29 is 4.42 Å². The summed E-state index contributed by atoms with van der Waals surface area (Å²) in [4.78, 5) is 0. The van der Waals surface area contributed by atoms with Crippen molar-refractivity contribution in [3.63, 3.8) is 0 Å². The molecule has 0 saturated carbocycles. The Kier molecular flexibility index (Phi) is 2.15. The van der Waals surface area contributed by atoms with E-state index in [0.717, 1.165) is 11.0 Å². The van der Waals surface area contributed by atoms with Crippen LogP contribution in [-0.4, -0.2) is 6.54 Å². The summed E-state index contributed by atoms with van der Waals surface area (Å²) >= 11 is 0. The smallest absolute Gasteiger partial charge is 0.134 e. The molecule has 0 radical (unpaired) electrons. The van der Waals surface area contributed by atoms with Crippen LogP contribution in [0.15, 0.2) is 28.7 Å². The van der Waals surface area contributed by atoms with Crippen LogP contribution >= 0.6 is 0 Å². The zero-order valence-electron chi connectivity index (χ0n) is 7.73. The maximum Gasteiger partial charge on any atom is 0.134 e. The average molecular weight is 191 g/mol. The number of nitrogen functional groups attached to an aromatic ring is 1. The molecule has 0 bridgehead atoms. The molecule has 0 spiro atoms. The Balaban J connectivity index is 2.51. The van der Waals surface area contributed by atoms with Crippen molar-refractivity contribution in [2.75, 3.05) is 12.3 Å². The Labute approximate surface area is 81.7 Å². The highest BCUT2D eigenvalue weighted by molar-refractivity contribution is 5.81. The topological polar surface area (TPSA) is 91.2 Å². The molecule has 0 saturated heterocycles. The molecule has 4 heteroatoms. The van der Waals surface area contributed by atoms with E-state index in [4.69, 9.17) is 21.6 Å². The van der Waals surface area contributed by atoms with Crippen LogP contribution in [0.5, 0.6) is 0 Å². The van der Waals surface area contributed by atoms with E-state index >= 15 is 0 Å². The van der Waals surface area contributed by atoms with Crippen LogP contribution in [0.25, 0.3) is 11.0 Å². The molecule has 0 aliphatic rings. The molecule has 2 aromatic rings. The van der Waals surface area contributed by atoms with Crippen LogP contribution < -0.4 is 17.2 Å². The molecule has 2 rings (SSSR count). The van der Waals surface area contributed by atoms with Crippen LogP contribution in [0.2, 0.25) is 0 Å². The van der Waals surface area contributed by atoms with Gasteiger partial charge in [-0.3, -0.25) is 0 Å². The van der Waals surface area contributed by atoms with Gasteiger partial charge in [0.25, 0.3) is 0 Å². The molecule has 0 aliphatic heterocycles. The summed E-state index contributed by atoms with van der Waals surface area (Å²) in [6.45, 7) is 0.370. The van der Waals surface area contributed by atoms with Crippen molar-refractivity contribution in [2.45, 2.75) is 6.04 Å². The van der Waals surface area contributed by atoms with Gasteiger partial charge in [0.15, 0.2) is 0 Å². The molecular weight excluding hydrogens is 178 g/mol. The lowest BCUT2D eigenvalue weighted by atomic mass is 10.2. The highest BCUT2D eigenvalue weighted by Gasteiger charge is 2.09. The van der Waals surface area contributed by atoms with Gasteiger partial charge < -0.3 is 21.6 Å². The van der Waals surface area contributed by atoms with Crippen LogP contribution in [-0.2, 0) is 0 Å². The van der Waals surface area contributed by atoms with E-state index in [1.165, 1.54) is 0 Å².